The van der Waals surface area contributed by atoms with Crippen LogP contribution in [0.2, 0.25) is 0 Å². The number of hydrogen-bond donors (Lipinski definition) is 1. The number of hydrogen-bond acceptors (Lipinski definition) is 6. The highest BCUT2D eigenvalue weighted by molar-refractivity contribution is 7.15. The third-order valence-electron chi connectivity index (χ3n) is 7.78. The molecular formula is C37H42N2O4S. The SMILES string of the molecule is CC(C)(C)OC(=O)NCc1ccc(-c2ccc(C(C(=O)OCC3CCN(Cc4ccccc4)CC3)c3ccccc3)cc2)s1. The molecule has 2 heterocycles. The van der Waals surface area contributed by atoms with E-state index in [2.05, 4.69) is 58.7 Å². The predicted octanol–water partition coefficient (Wildman–Crippen LogP) is 8.03. The van der Waals surface area contributed by atoms with Gasteiger partial charge < -0.3 is 14.8 Å². The molecule has 1 saturated heterocycles. The van der Waals surface area contributed by atoms with Crippen LogP contribution in [0.25, 0.3) is 10.4 Å². The van der Waals surface area contributed by atoms with Crippen molar-refractivity contribution in [1.29, 1.82) is 0 Å². The second-order valence-corrected chi connectivity index (χ2v) is 13.6. The second-order valence-electron chi connectivity index (χ2n) is 12.4. The summed E-state index contributed by atoms with van der Waals surface area (Å²) in [5.41, 5.74) is 3.70. The number of rotatable bonds is 10. The van der Waals surface area contributed by atoms with E-state index in [-0.39, 0.29) is 5.97 Å². The van der Waals surface area contributed by atoms with Crippen LogP contribution in [0.15, 0.2) is 97.1 Å². The number of benzene rings is 3. The van der Waals surface area contributed by atoms with Crippen molar-refractivity contribution in [3.8, 4) is 10.4 Å². The van der Waals surface area contributed by atoms with Crippen molar-refractivity contribution in [2.45, 2.75) is 58.2 Å². The molecule has 1 unspecified atom stereocenters. The van der Waals surface area contributed by atoms with E-state index in [1.807, 2.05) is 69.3 Å². The molecule has 230 valence electrons. The average molecular weight is 611 g/mol. The summed E-state index contributed by atoms with van der Waals surface area (Å²) in [7, 11) is 0. The maximum absolute atomic E-state index is 13.6. The van der Waals surface area contributed by atoms with Crippen LogP contribution in [0.3, 0.4) is 0 Å². The van der Waals surface area contributed by atoms with Crippen molar-refractivity contribution in [3.05, 3.63) is 119 Å². The number of carbonyl (C=O) groups excluding carboxylic acids is 2. The van der Waals surface area contributed by atoms with Gasteiger partial charge in [0.05, 0.1) is 13.2 Å². The van der Waals surface area contributed by atoms with Gasteiger partial charge in [-0.1, -0.05) is 84.9 Å². The first-order valence-corrected chi connectivity index (χ1v) is 16.2. The lowest BCUT2D eigenvalue weighted by atomic mass is 9.90. The fourth-order valence-electron chi connectivity index (χ4n) is 5.49. The first-order valence-electron chi connectivity index (χ1n) is 15.4. The van der Waals surface area contributed by atoms with Crippen LogP contribution in [0, 0.1) is 5.92 Å². The summed E-state index contributed by atoms with van der Waals surface area (Å²) >= 11 is 1.62. The molecule has 5 rings (SSSR count). The van der Waals surface area contributed by atoms with E-state index in [4.69, 9.17) is 9.47 Å². The number of ether oxygens (including phenoxy) is 2. The standard InChI is InChI=1S/C37H42N2O4S/c1-37(2,3)43-36(41)38-24-32-18-19-33(44-32)29-14-16-31(17-15-29)34(30-12-8-5-9-13-30)35(40)42-26-28-20-22-39(23-21-28)25-27-10-6-4-7-11-27/h4-19,28,34H,20-26H2,1-3H3,(H,38,41). The van der Waals surface area contributed by atoms with Crippen molar-refractivity contribution in [3.63, 3.8) is 0 Å². The number of nitrogens with zero attached hydrogens (tertiary/aromatic N) is 1. The third kappa shape index (κ3) is 9.04. The summed E-state index contributed by atoms with van der Waals surface area (Å²) in [5, 5.41) is 2.82. The van der Waals surface area contributed by atoms with E-state index in [0.717, 1.165) is 58.9 Å². The van der Waals surface area contributed by atoms with Crippen LogP contribution in [0.4, 0.5) is 4.79 Å². The van der Waals surface area contributed by atoms with E-state index < -0.39 is 17.6 Å². The van der Waals surface area contributed by atoms with Gasteiger partial charge in [-0.25, -0.2) is 4.79 Å². The first kappa shape index (κ1) is 31.5. The van der Waals surface area contributed by atoms with E-state index in [1.54, 1.807) is 11.3 Å². The van der Waals surface area contributed by atoms with Gasteiger partial charge in [-0.2, -0.15) is 0 Å². The van der Waals surface area contributed by atoms with Crippen LogP contribution >= 0.6 is 11.3 Å². The number of carbonyl (C=O) groups is 2. The zero-order valence-electron chi connectivity index (χ0n) is 25.8. The molecule has 1 fully saturated rings. The van der Waals surface area contributed by atoms with Gasteiger partial charge in [0.1, 0.15) is 11.5 Å². The highest BCUT2D eigenvalue weighted by Gasteiger charge is 2.27. The first-order chi connectivity index (χ1) is 21.2. The molecule has 1 aliphatic heterocycles. The van der Waals surface area contributed by atoms with Crippen LogP contribution in [0.5, 0.6) is 0 Å². The molecule has 6 nitrogen and oxygen atoms in total. The molecule has 1 N–H and O–H groups in total. The summed E-state index contributed by atoms with van der Waals surface area (Å²) in [6.07, 6.45) is 1.63. The number of amides is 1. The Labute approximate surface area is 265 Å². The van der Waals surface area contributed by atoms with E-state index in [9.17, 15) is 9.59 Å². The zero-order chi connectivity index (χ0) is 30.9. The number of likely N-dealkylation sites (tertiary alicyclic amines) is 1. The van der Waals surface area contributed by atoms with Crippen LogP contribution in [0.1, 0.15) is 61.1 Å². The molecule has 1 aromatic heterocycles. The van der Waals surface area contributed by atoms with E-state index in [1.165, 1.54) is 5.56 Å². The van der Waals surface area contributed by atoms with Gasteiger partial charge in [0.15, 0.2) is 0 Å². The quantitative estimate of drug-likeness (QED) is 0.184. The lowest BCUT2D eigenvalue weighted by molar-refractivity contribution is -0.146. The summed E-state index contributed by atoms with van der Waals surface area (Å²) in [6, 6.07) is 32.7. The van der Waals surface area contributed by atoms with Crippen molar-refractivity contribution in [1.82, 2.24) is 10.2 Å². The Balaban J connectivity index is 1.18. The van der Waals surface area contributed by atoms with Gasteiger partial charge in [-0.15, -0.1) is 11.3 Å². The monoisotopic (exact) mass is 610 g/mol. The van der Waals surface area contributed by atoms with Gasteiger partial charge in [0, 0.05) is 16.3 Å². The minimum absolute atomic E-state index is 0.206. The number of esters is 1. The summed E-state index contributed by atoms with van der Waals surface area (Å²) in [4.78, 5) is 30.2. The number of nitrogens with one attached hydrogen (secondary N) is 1. The Bertz CT molecular complexity index is 1490. The van der Waals surface area contributed by atoms with Gasteiger partial charge in [-0.3, -0.25) is 9.69 Å². The molecule has 0 bridgehead atoms. The molecule has 1 amide bonds. The minimum Gasteiger partial charge on any atom is -0.465 e. The summed E-state index contributed by atoms with van der Waals surface area (Å²) < 4.78 is 11.3. The van der Waals surface area contributed by atoms with Gasteiger partial charge in [-0.05, 0) is 87.0 Å². The molecule has 4 aromatic rings. The lowest BCUT2D eigenvalue weighted by Crippen LogP contribution is -2.35. The Hall–Kier alpha value is -3.94. The number of thiophene rings is 1. The molecular weight excluding hydrogens is 568 g/mol. The maximum atomic E-state index is 13.6. The van der Waals surface area contributed by atoms with Crippen LogP contribution < -0.4 is 5.32 Å². The predicted molar refractivity (Wildman–Crippen MR) is 177 cm³/mol. The third-order valence-corrected chi connectivity index (χ3v) is 8.92. The van der Waals surface area contributed by atoms with Crippen molar-refractivity contribution in [2.24, 2.45) is 5.92 Å². The van der Waals surface area contributed by atoms with Gasteiger partial charge in [0.2, 0.25) is 0 Å². The largest absolute Gasteiger partial charge is 0.465 e. The molecule has 0 saturated carbocycles. The molecule has 1 aliphatic rings. The van der Waals surface area contributed by atoms with Crippen molar-refractivity contribution < 1.29 is 19.1 Å². The van der Waals surface area contributed by atoms with Crippen molar-refractivity contribution in [2.75, 3.05) is 19.7 Å². The van der Waals surface area contributed by atoms with Crippen LogP contribution in [-0.2, 0) is 27.4 Å². The summed E-state index contributed by atoms with van der Waals surface area (Å²) in [6.45, 7) is 9.40. The minimum atomic E-state index is -0.531. The zero-order valence-corrected chi connectivity index (χ0v) is 26.6. The van der Waals surface area contributed by atoms with Gasteiger partial charge >= 0.3 is 12.1 Å². The van der Waals surface area contributed by atoms with Crippen LogP contribution in [-0.4, -0.2) is 42.3 Å². The Morgan fingerprint density at radius 2 is 1.50 bits per heavy atom. The number of alkyl carbamates (subject to hydrolysis) is 1. The second kappa shape index (κ2) is 14.7. The van der Waals surface area contributed by atoms with Gasteiger partial charge in [0.25, 0.3) is 0 Å². The Morgan fingerprint density at radius 3 is 2.16 bits per heavy atom. The number of piperidine rings is 1. The molecule has 3 aromatic carbocycles. The molecule has 7 heteroatoms. The maximum Gasteiger partial charge on any atom is 0.407 e. The van der Waals surface area contributed by atoms with E-state index >= 15 is 0 Å². The summed E-state index contributed by atoms with van der Waals surface area (Å²) in [5.74, 6) is -0.315. The molecule has 1 atom stereocenters. The highest BCUT2D eigenvalue weighted by atomic mass is 32.1. The van der Waals surface area contributed by atoms with Crippen molar-refractivity contribution >= 4 is 23.4 Å². The highest BCUT2D eigenvalue weighted by Crippen LogP contribution is 2.32. The lowest BCUT2D eigenvalue weighted by Gasteiger charge is -2.32. The average Bonchev–Trinajstić information content (AvgIpc) is 3.50. The fourth-order valence-corrected chi connectivity index (χ4v) is 6.44. The molecule has 0 radical (unpaired) electrons. The Kier molecular flexibility index (Phi) is 10.5. The molecule has 0 aliphatic carbocycles. The molecule has 44 heavy (non-hydrogen) atoms. The molecule has 0 spiro atoms. The topological polar surface area (TPSA) is 67.9 Å². The normalized spacial score (nSPS) is 15.0. The van der Waals surface area contributed by atoms with E-state index in [0.29, 0.717) is 19.1 Å². The Morgan fingerprint density at radius 1 is 0.864 bits per heavy atom. The smallest absolute Gasteiger partial charge is 0.407 e. The fraction of sp³-hybridized carbons (Fsp3) is 0.351.